The minimum absolute atomic E-state index is 0.153. The first-order valence-electron chi connectivity index (χ1n) is 4.71. The molecule has 1 saturated heterocycles. The van der Waals surface area contributed by atoms with Crippen molar-refractivity contribution >= 4 is 29.1 Å². The van der Waals surface area contributed by atoms with Gasteiger partial charge in [0.05, 0.1) is 5.69 Å². The second kappa shape index (κ2) is 3.66. The van der Waals surface area contributed by atoms with Crippen molar-refractivity contribution in [2.75, 3.05) is 4.90 Å². The van der Waals surface area contributed by atoms with Gasteiger partial charge < -0.3 is 0 Å². The van der Waals surface area contributed by atoms with E-state index < -0.39 is 0 Å². The van der Waals surface area contributed by atoms with Gasteiger partial charge in [-0.3, -0.25) is 14.5 Å². The molecule has 1 fully saturated rings. The fourth-order valence-corrected chi connectivity index (χ4v) is 1.76. The van der Waals surface area contributed by atoms with Crippen LogP contribution in [0.4, 0.5) is 5.69 Å². The Labute approximate surface area is 92.6 Å². The molecule has 2 rings (SSSR count). The van der Waals surface area contributed by atoms with E-state index >= 15 is 0 Å². The number of rotatable bonds is 1. The smallest absolute Gasteiger partial charge is 0.234 e. The van der Waals surface area contributed by atoms with Crippen LogP contribution in [0.15, 0.2) is 18.2 Å². The molecule has 0 aromatic heterocycles. The zero-order valence-electron chi connectivity index (χ0n) is 8.29. The molecule has 0 radical (unpaired) electrons. The number of hydrogen-bond donors (Lipinski definition) is 0. The van der Waals surface area contributed by atoms with Crippen molar-refractivity contribution in [1.82, 2.24) is 0 Å². The molecule has 15 heavy (non-hydrogen) atoms. The van der Waals surface area contributed by atoms with Crippen LogP contribution in [-0.2, 0) is 9.59 Å². The Morgan fingerprint density at radius 2 is 1.80 bits per heavy atom. The molecule has 1 aliphatic heterocycles. The number of anilines is 1. The van der Waals surface area contributed by atoms with Crippen LogP contribution >= 0.6 is 11.6 Å². The predicted octanol–water partition coefficient (Wildman–Crippen LogP) is 2.30. The van der Waals surface area contributed by atoms with Crippen molar-refractivity contribution in [3.8, 4) is 0 Å². The zero-order chi connectivity index (χ0) is 11.0. The minimum Gasteiger partial charge on any atom is -0.274 e. The lowest BCUT2D eigenvalue weighted by Gasteiger charge is -2.14. The number of carbonyl (C=O) groups excluding carboxylic acids is 2. The molecule has 1 aromatic rings. The van der Waals surface area contributed by atoms with E-state index in [1.807, 2.05) is 6.92 Å². The van der Waals surface area contributed by atoms with E-state index in [1.54, 1.807) is 18.2 Å². The summed E-state index contributed by atoms with van der Waals surface area (Å²) in [7, 11) is 0. The highest BCUT2D eigenvalue weighted by Crippen LogP contribution is 2.27. The molecule has 3 nitrogen and oxygen atoms in total. The first kappa shape index (κ1) is 10.2. The zero-order valence-corrected chi connectivity index (χ0v) is 9.04. The molecular weight excluding hydrogens is 214 g/mol. The third-order valence-corrected chi connectivity index (χ3v) is 2.87. The van der Waals surface area contributed by atoms with Crippen LogP contribution < -0.4 is 4.90 Å². The van der Waals surface area contributed by atoms with Gasteiger partial charge in [-0.1, -0.05) is 17.7 Å². The summed E-state index contributed by atoms with van der Waals surface area (Å²) in [6, 6.07) is 5.19. The van der Waals surface area contributed by atoms with Gasteiger partial charge in [-0.2, -0.15) is 0 Å². The molecule has 1 aromatic carbocycles. The van der Waals surface area contributed by atoms with Crippen LogP contribution in [0.3, 0.4) is 0 Å². The number of hydrogen-bond acceptors (Lipinski definition) is 2. The van der Waals surface area contributed by atoms with E-state index in [1.165, 1.54) is 4.90 Å². The Balaban J connectivity index is 2.41. The van der Waals surface area contributed by atoms with Crippen LogP contribution in [0.2, 0.25) is 5.02 Å². The van der Waals surface area contributed by atoms with Crippen molar-refractivity contribution in [3.05, 3.63) is 28.8 Å². The maximum atomic E-state index is 11.4. The summed E-state index contributed by atoms with van der Waals surface area (Å²) in [5.74, 6) is -0.306. The Morgan fingerprint density at radius 1 is 1.20 bits per heavy atom. The number of halogens is 1. The molecule has 0 spiro atoms. The van der Waals surface area contributed by atoms with Crippen LogP contribution in [0.5, 0.6) is 0 Å². The van der Waals surface area contributed by atoms with Crippen LogP contribution in [0, 0.1) is 6.92 Å². The number of benzene rings is 1. The van der Waals surface area contributed by atoms with Crippen LogP contribution in [0.25, 0.3) is 0 Å². The second-order valence-electron chi connectivity index (χ2n) is 3.56. The average Bonchev–Trinajstić information content (AvgIpc) is 2.52. The van der Waals surface area contributed by atoms with E-state index in [4.69, 9.17) is 11.6 Å². The Bertz CT molecular complexity index is 426. The lowest BCUT2D eigenvalue weighted by molar-refractivity contribution is -0.121. The summed E-state index contributed by atoms with van der Waals surface area (Å²) >= 11 is 5.94. The lowest BCUT2D eigenvalue weighted by atomic mass is 10.2. The number of carbonyl (C=O) groups is 2. The van der Waals surface area contributed by atoms with Gasteiger partial charge in [-0.05, 0) is 24.6 Å². The number of amides is 2. The molecule has 0 unspecified atom stereocenters. The van der Waals surface area contributed by atoms with Gasteiger partial charge in [0.2, 0.25) is 11.8 Å². The summed E-state index contributed by atoms with van der Waals surface area (Å²) in [6.07, 6.45) is 0.592. The Hall–Kier alpha value is -1.35. The molecular formula is C11H10ClNO2. The molecule has 1 aliphatic rings. The van der Waals surface area contributed by atoms with E-state index in [0.717, 1.165) is 5.56 Å². The molecule has 0 aliphatic carbocycles. The summed E-state index contributed by atoms with van der Waals surface area (Å²) < 4.78 is 0. The fraction of sp³-hybridized carbons (Fsp3) is 0.273. The SMILES string of the molecule is Cc1ccc(N2C(=O)CCC2=O)cc1Cl. The van der Waals surface area contributed by atoms with Gasteiger partial charge in [-0.25, -0.2) is 0 Å². The average molecular weight is 224 g/mol. The molecule has 0 N–H and O–H groups in total. The van der Waals surface area contributed by atoms with Crippen LogP contribution in [0.1, 0.15) is 18.4 Å². The monoisotopic (exact) mass is 223 g/mol. The maximum absolute atomic E-state index is 11.4. The van der Waals surface area contributed by atoms with Crippen molar-refractivity contribution in [2.24, 2.45) is 0 Å². The topological polar surface area (TPSA) is 37.4 Å². The van der Waals surface area contributed by atoms with E-state index in [0.29, 0.717) is 23.6 Å². The Morgan fingerprint density at radius 3 is 2.33 bits per heavy atom. The highest BCUT2D eigenvalue weighted by atomic mass is 35.5. The number of nitrogens with zero attached hydrogens (tertiary/aromatic N) is 1. The summed E-state index contributed by atoms with van der Waals surface area (Å²) in [5.41, 5.74) is 1.50. The summed E-state index contributed by atoms with van der Waals surface area (Å²) in [6.45, 7) is 1.87. The fourth-order valence-electron chi connectivity index (χ4n) is 1.59. The quantitative estimate of drug-likeness (QED) is 0.685. The molecule has 78 valence electrons. The highest BCUT2D eigenvalue weighted by Gasteiger charge is 2.30. The third-order valence-electron chi connectivity index (χ3n) is 2.47. The van der Waals surface area contributed by atoms with Gasteiger partial charge in [0.15, 0.2) is 0 Å². The summed E-state index contributed by atoms with van der Waals surface area (Å²) in [4.78, 5) is 24.1. The number of aryl methyl sites for hydroxylation is 1. The van der Waals surface area contributed by atoms with Gasteiger partial charge in [-0.15, -0.1) is 0 Å². The predicted molar refractivity (Wildman–Crippen MR) is 57.9 cm³/mol. The molecule has 0 atom stereocenters. The highest BCUT2D eigenvalue weighted by molar-refractivity contribution is 6.32. The lowest BCUT2D eigenvalue weighted by Crippen LogP contribution is -2.28. The summed E-state index contributed by atoms with van der Waals surface area (Å²) in [5, 5.41) is 0.569. The first-order chi connectivity index (χ1) is 7.09. The molecule has 2 amide bonds. The van der Waals surface area contributed by atoms with E-state index in [-0.39, 0.29) is 11.8 Å². The minimum atomic E-state index is -0.153. The van der Waals surface area contributed by atoms with Crippen molar-refractivity contribution in [1.29, 1.82) is 0 Å². The van der Waals surface area contributed by atoms with Gasteiger partial charge in [0, 0.05) is 17.9 Å². The first-order valence-corrected chi connectivity index (χ1v) is 5.09. The number of imide groups is 1. The second-order valence-corrected chi connectivity index (χ2v) is 3.96. The van der Waals surface area contributed by atoms with Gasteiger partial charge in [0.25, 0.3) is 0 Å². The Kier molecular flexibility index (Phi) is 2.49. The van der Waals surface area contributed by atoms with E-state index in [9.17, 15) is 9.59 Å². The van der Waals surface area contributed by atoms with E-state index in [2.05, 4.69) is 0 Å². The molecule has 0 bridgehead atoms. The van der Waals surface area contributed by atoms with Gasteiger partial charge >= 0.3 is 0 Å². The van der Waals surface area contributed by atoms with Crippen molar-refractivity contribution in [2.45, 2.75) is 19.8 Å². The van der Waals surface area contributed by atoms with Crippen molar-refractivity contribution in [3.63, 3.8) is 0 Å². The molecule has 1 heterocycles. The molecule has 0 saturated carbocycles. The third kappa shape index (κ3) is 1.75. The molecule has 4 heteroatoms. The van der Waals surface area contributed by atoms with Crippen LogP contribution in [-0.4, -0.2) is 11.8 Å². The van der Waals surface area contributed by atoms with Crippen molar-refractivity contribution < 1.29 is 9.59 Å². The maximum Gasteiger partial charge on any atom is 0.234 e. The standard InChI is InChI=1S/C11H10ClNO2/c1-7-2-3-8(6-9(7)12)13-10(14)4-5-11(13)15/h2-3,6H,4-5H2,1H3. The van der Waals surface area contributed by atoms with Gasteiger partial charge in [0.1, 0.15) is 0 Å². The normalized spacial score (nSPS) is 16.3. The largest absolute Gasteiger partial charge is 0.274 e.